The zero-order chi connectivity index (χ0) is 51.2. The van der Waals surface area contributed by atoms with Crippen molar-refractivity contribution in [2.24, 2.45) is 0 Å². The van der Waals surface area contributed by atoms with E-state index in [9.17, 15) is 85.3 Å². The first-order chi connectivity index (χ1) is 32.8. The Balaban J connectivity index is 1.71. The lowest BCUT2D eigenvalue weighted by Crippen LogP contribution is -2.59. The van der Waals surface area contributed by atoms with Crippen LogP contribution < -0.4 is 21.3 Å². The van der Waals surface area contributed by atoms with E-state index in [1.165, 1.54) is 4.90 Å². The molecule has 0 aliphatic carbocycles. The third-order valence-corrected chi connectivity index (χ3v) is 11.3. The zero-order valence-corrected chi connectivity index (χ0v) is 37.9. The molecule has 69 heavy (non-hydrogen) atoms. The van der Waals surface area contributed by atoms with Gasteiger partial charge in [0.2, 0.25) is 23.6 Å². The molecule has 3 fully saturated rings. The molecule has 3 heterocycles. The van der Waals surface area contributed by atoms with Crippen molar-refractivity contribution in [2.75, 3.05) is 78.9 Å². The number of aliphatic hydroxyl groups excluding tert-OH is 12. The van der Waals surface area contributed by atoms with Gasteiger partial charge in [-0.2, -0.15) is 0 Å². The third kappa shape index (κ3) is 19.3. The van der Waals surface area contributed by atoms with Crippen LogP contribution in [0.25, 0.3) is 0 Å². The summed E-state index contributed by atoms with van der Waals surface area (Å²) in [6.45, 7) is -4.94. The molecule has 3 aliphatic rings. The SMILES string of the molecule is O=C(O)CCCCC(=O)NCCCCC(C(=O)NCCO[C@H]1O[C@H](CO)[C@@H](O)[C@H](O)[C@@H]1O)N(CC(=O)NCCO[C@H]1O[C@H](CO)[C@@H](O)[C@H](O)[C@@H]1O)CC(=O)NCCO[C@H]1O[C@H](CO)[C@@H](O)[C@H](O)[C@@H]1O. The fourth-order valence-corrected chi connectivity index (χ4v) is 7.39. The maximum absolute atomic E-state index is 14.0. The Morgan fingerprint density at radius 2 is 0.841 bits per heavy atom. The average Bonchev–Trinajstić information content (AvgIpc) is 3.32. The monoisotopic (exact) mass is 1010 g/mol. The number of nitrogens with zero attached hydrogens (tertiary/aromatic N) is 1. The Morgan fingerprint density at radius 1 is 0.464 bits per heavy atom. The molecule has 0 saturated carbocycles. The molecule has 16 atom stereocenters. The van der Waals surface area contributed by atoms with Crippen LogP contribution in [0, 0.1) is 0 Å². The number of rotatable bonds is 31. The lowest BCUT2D eigenvalue weighted by molar-refractivity contribution is -0.300. The highest BCUT2D eigenvalue weighted by atomic mass is 16.7. The van der Waals surface area contributed by atoms with Crippen LogP contribution in [0.5, 0.6) is 0 Å². The molecular weight excluding hydrogens is 934 g/mol. The first-order valence-corrected chi connectivity index (χ1v) is 22.6. The molecule has 17 N–H and O–H groups in total. The minimum Gasteiger partial charge on any atom is -0.481 e. The largest absolute Gasteiger partial charge is 0.481 e. The van der Waals surface area contributed by atoms with Crippen LogP contribution in [-0.2, 0) is 52.4 Å². The van der Waals surface area contributed by atoms with Crippen molar-refractivity contribution in [1.82, 2.24) is 26.2 Å². The van der Waals surface area contributed by atoms with E-state index in [1.54, 1.807) is 0 Å². The van der Waals surface area contributed by atoms with Crippen LogP contribution >= 0.6 is 0 Å². The average molecular weight is 1010 g/mol. The molecule has 3 rings (SSSR count). The lowest BCUT2D eigenvalue weighted by Gasteiger charge is -2.39. The number of carboxylic acid groups (broad SMARTS) is 1. The summed E-state index contributed by atoms with van der Waals surface area (Å²) in [7, 11) is 0. The van der Waals surface area contributed by atoms with Crippen molar-refractivity contribution in [3.8, 4) is 0 Å². The van der Waals surface area contributed by atoms with Gasteiger partial charge in [-0.1, -0.05) is 0 Å². The van der Waals surface area contributed by atoms with Gasteiger partial charge in [0.05, 0.1) is 58.8 Å². The summed E-state index contributed by atoms with van der Waals surface area (Å²) in [5, 5.41) is 139. The zero-order valence-electron chi connectivity index (χ0n) is 37.9. The van der Waals surface area contributed by atoms with Crippen molar-refractivity contribution >= 4 is 29.6 Å². The Labute approximate surface area is 396 Å². The summed E-state index contributed by atoms with van der Waals surface area (Å²) in [6, 6.07) is -1.25. The first-order valence-electron chi connectivity index (χ1n) is 22.6. The van der Waals surface area contributed by atoms with E-state index in [-0.39, 0.29) is 77.6 Å². The fraction of sp³-hybridized carbons (Fsp3) is 0.875. The maximum Gasteiger partial charge on any atom is 0.303 e. The maximum atomic E-state index is 14.0. The summed E-state index contributed by atoms with van der Waals surface area (Å²) >= 11 is 0. The molecule has 0 aromatic rings. The first kappa shape index (κ1) is 59.9. The topological polar surface area (TPSA) is 455 Å². The Kier molecular flexibility index (Phi) is 27.0. The predicted octanol–water partition coefficient (Wildman–Crippen LogP) is -9.61. The molecule has 3 saturated heterocycles. The van der Waals surface area contributed by atoms with Gasteiger partial charge in [0.25, 0.3) is 0 Å². The number of carboxylic acids is 1. The van der Waals surface area contributed by atoms with Crippen molar-refractivity contribution in [3.05, 3.63) is 0 Å². The number of aliphatic carboxylic acids is 1. The van der Waals surface area contributed by atoms with Crippen LogP contribution in [0.3, 0.4) is 0 Å². The highest BCUT2D eigenvalue weighted by molar-refractivity contribution is 5.86. The smallest absolute Gasteiger partial charge is 0.303 e. The van der Waals surface area contributed by atoms with Gasteiger partial charge in [0.15, 0.2) is 18.9 Å². The second-order valence-electron chi connectivity index (χ2n) is 16.6. The number of hydrogen-bond acceptors (Lipinski definition) is 24. The minimum absolute atomic E-state index is 0.0190. The van der Waals surface area contributed by atoms with E-state index in [1.807, 2.05) is 0 Å². The standard InChI is InChI=1S/C40H71N5O24/c46-17-21-28(54)31(57)34(60)38(67-21)64-12-9-42-25(50)15-45(16-26(51)43-10-13-65-39-35(61)32(58)29(55)22(18-47)68-39)20(5-3-4-8-41-24(49)6-1-2-7-27(52)53)37(63)44-11-14-66-40-36(62)33(59)30(56)23(19-48)69-40/h20-23,28-36,38-40,46-48,54-62H,1-19H2,(H,41,49)(H,42,50)(H,43,51)(H,44,63)(H,52,53)/t20?,21-,22-,23-,28-,29-,30-,31+,32+,33+,34+,35+,36+,38+,39+,40+/m1/s1. The number of aliphatic hydroxyl groups is 12. The molecule has 0 aromatic carbocycles. The normalized spacial score (nSPS) is 32.0. The molecule has 0 bridgehead atoms. The van der Waals surface area contributed by atoms with Crippen LogP contribution in [0.2, 0.25) is 0 Å². The Morgan fingerprint density at radius 3 is 1.23 bits per heavy atom. The highest BCUT2D eigenvalue weighted by Crippen LogP contribution is 2.24. The number of nitrogens with one attached hydrogen (secondary N) is 4. The van der Waals surface area contributed by atoms with Gasteiger partial charge in [-0.25, -0.2) is 0 Å². The van der Waals surface area contributed by atoms with Crippen molar-refractivity contribution < 1.29 is 119 Å². The van der Waals surface area contributed by atoms with E-state index >= 15 is 0 Å². The minimum atomic E-state index is -1.73. The lowest BCUT2D eigenvalue weighted by atomic mass is 9.99. The Hall–Kier alpha value is -3.41. The van der Waals surface area contributed by atoms with Crippen LogP contribution in [0.4, 0.5) is 0 Å². The van der Waals surface area contributed by atoms with Gasteiger partial charge in [0.1, 0.15) is 73.2 Å². The van der Waals surface area contributed by atoms with Gasteiger partial charge in [-0.15, -0.1) is 0 Å². The van der Waals surface area contributed by atoms with Gasteiger partial charge in [0, 0.05) is 39.0 Å². The Bertz CT molecular complexity index is 1490. The molecule has 1 unspecified atom stereocenters. The summed E-state index contributed by atoms with van der Waals surface area (Å²) in [4.78, 5) is 65.1. The molecule has 4 amide bonds. The summed E-state index contributed by atoms with van der Waals surface area (Å²) in [6.07, 6.45) is -22.4. The number of amides is 4. The van der Waals surface area contributed by atoms with Crippen LogP contribution in [0.15, 0.2) is 0 Å². The summed E-state index contributed by atoms with van der Waals surface area (Å²) < 4.78 is 32.2. The van der Waals surface area contributed by atoms with Crippen molar-refractivity contribution in [3.63, 3.8) is 0 Å². The van der Waals surface area contributed by atoms with E-state index in [4.69, 9.17) is 33.5 Å². The molecule has 0 aromatic heterocycles. The molecule has 3 aliphatic heterocycles. The van der Waals surface area contributed by atoms with E-state index in [0.717, 1.165) is 0 Å². The number of hydrogen-bond donors (Lipinski definition) is 17. The number of ether oxygens (including phenoxy) is 6. The molecule has 0 radical (unpaired) electrons. The van der Waals surface area contributed by atoms with Crippen LogP contribution in [-0.4, -0.2) is 278 Å². The second-order valence-corrected chi connectivity index (χ2v) is 16.6. The molecule has 29 heteroatoms. The number of carbonyl (C=O) groups excluding carboxylic acids is 4. The summed E-state index contributed by atoms with van der Waals surface area (Å²) in [5.74, 6) is -3.53. The number of carbonyl (C=O) groups is 5. The quantitative estimate of drug-likeness (QED) is 0.0287. The fourth-order valence-electron chi connectivity index (χ4n) is 7.39. The molecule has 0 spiro atoms. The van der Waals surface area contributed by atoms with Crippen molar-refractivity contribution in [2.45, 2.75) is 143 Å². The summed E-state index contributed by atoms with van der Waals surface area (Å²) in [5.41, 5.74) is 0. The predicted molar refractivity (Wildman–Crippen MR) is 227 cm³/mol. The van der Waals surface area contributed by atoms with E-state index < -0.39 is 155 Å². The second kappa shape index (κ2) is 31.1. The van der Waals surface area contributed by atoms with E-state index in [0.29, 0.717) is 19.3 Å². The third-order valence-electron chi connectivity index (χ3n) is 11.3. The van der Waals surface area contributed by atoms with Gasteiger partial charge < -0.3 is 116 Å². The van der Waals surface area contributed by atoms with Gasteiger partial charge >= 0.3 is 5.97 Å². The van der Waals surface area contributed by atoms with Gasteiger partial charge in [-0.05, 0) is 32.1 Å². The number of unbranched alkanes of at least 4 members (excludes halogenated alkanes) is 2. The van der Waals surface area contributed by atoms with Crippen LogP contribution in [0.1, 0.15) is 44.9 Å². The molecule has 29 nitrogen and oxygen atoms in total. The highest BCUT2D eigenvalue weighted by Gasteiger charge is 2.46. The van der Waals surface area contributed by atoms with E-state index in [2.05, 4.69) is 21.3 Å². The van der Waals surface area contributed by atoms with Gasteiger partial charge in [-0.3, -0.25) is 28.9 Å². The van der Waals surface area contributed by atoms with Crippen molar-refractivity contribution in [1.29, 1.82) is 0 Å². The molecular formula is C40H71N5O24. The molecule has 400 valence electrons.